The third-order valence-electron chi connectivity index (χ3n) is 1.21. The Balaban J connectivity index is 0. The molecule has 0 fully saturated rings. The van der Waals surface area contributed by atoms with Crippen LogP contribution in [0.5, 0.6) is 0 Å². The van der Waals surface area contributed by atoms with Crippen LogP contribution in [0.1, 0.15) is 20.8 Å². The van der Waals surface area contributed by atoms with Gasteiger partial charge in [0.15, 0.2) is 0 Å². The Hall–Kier alpha value is -1.24. The predicted molar refractivity (Wildman–Crippen MR) is 62.6 cm³/mol. The number of rotatable bonds is 4. The van der Waals surface area contributed by atoms with Crippen molar-refractivity contribution in [2.24, 2.45) is 0 Å². The molecule has 0 aliphatic heterocycles. The van der Waals surface area contributed by atoms with Crippen LogP contribution in [0.25, 0.3) is 0 Å². The van der Waals surface area contributed by atoms with Crippen molar-refractivity contribution in [3.05, 3.63) is 48.7 Å². The van der Waals surface area contributed by atoms with E-state index in [1.807, 2.05) is 58.2 Å². The fourth-order valence-corrected chi connectivity index (χ4v) is 0.490. The van der Waals surface area contributed by atoms with Gasteiger partial charge in [0.05, 0.1) is 0 Å². The maximum absolute atomic E-state index is 3.56. The molecule has 0 aliphatic rings. The summed E-state index contributed by atoms with van der Waals surface area (Å²) in [6, 6.07) is 0. The summed E-state index contributed by atoms with van der Waals surface area (Å²) in [5.41, 5.74) is 1.15. The van der Waals surface area contributed by atoms with E-state index in [9.17, 15) is 0 Å². The van der Waals surface area contributed by atoms with Crippen LogP contribution in [0.4, 0.5) is 0 Å². The van der Waals surface area contributed by atoms with Crippen LogP contribution < -0.4 is 5.32 Å². The average molecular weight is 179 g/mol. The number of allylic oxidation sites excluding steroid dienone is 7. The molecule has 13 heavy (non-hydrogen) atoms. The van der Waals surface area contributed by atoms with E-state index in [-0.39, 0.29) is 0 Å². The Morgan fingerprint density at radius 2 is 1.62 bits per heavy atom. The van der Waals surface area contributed by atoms with Gasteiger partial charge >= 0.3 is 0 Å². The summed E-state index contributed by atoms with van der Waals surface area (Å²) in [5, 5.41) is 3.02. The van der Waals surface area contributed by atoms with Gasteiger partial charge < -0.3 is 5.32 Å². The summed E-state index contributed by atoms with van der Waals surface area (Å²) in [7, 11) is 1.90. The second-order valence-electron chi connectivity index (χ2n) is 2.11. The smallest absolute Gasteiger partial charge is 0.00724 e. The molecule has 1 nitrogen and oxygen atoms in total. The zero-order chi connectivity index (χ0) is 10.5. The summed E-state index contributed by atoms with van der Waals surface area (Å²) in [6.07, 6.45) is 11.5. The first-order valence-electron chi connectivity index (χ1n) is 4.61. The van der Waals surface area contributed by atoms with E-state index in [2.05, 4.69) is 11.9 Å². The molecule has 0 bridgehead atoms. The van der Waals surface area contributed by atoms with Gasteiger partial charge in [-0.05, 0) is 13.0 Å². The summed E-state index contributed by atoms with van der Waals surface area (Å²) in [5.74, 6) is 0. The SMILES string of the molecule is C=C/C=C/C=C\C=C(/C)NC.CC. The molecule has 0 heterocycles. The van der Waals surface area contributed by atoms with Crippen LogP contribution in [0.15, 0.2) is 48.7 Å². The maximum Gasteiger partial charge on any atom is 0.00724 e. The number of nitrogens with one attached hydrogen (secondary N) is 1. The molecule has 1 N–H and O–H groups in total. The zero-order valence-electron chi connectivity index (χ0n) is 9.17. The Morgan fingerprint density at radius 1 is 1.08 bits per heavy atom. The van der Waals surface area contributed by atoms with Gasteiger partial charge in [-0.2, -0.15) is 0 Å². The molecule has 0 spiro atoms. The van der Waals surface area contributed by atoms with Gasteiger partial charge in [-0.25, -0.2) is 0 Å². The molecule has 0 atom stereocenters. The largest absolute Gasteiger partial charge is 0.392 e. The Morgan fingerprint density at radius 3 is 2.08 bits per heavy atom. The van der Waals surface area contributed by atoms with Crippen molar-refractivity contribution in [2.45, 2.75) is 20.8 Å². The van der Waals surface area contributed by atoms with E-state index in [1.54, 1.807) is 6.08 Å². The first-order valence-corrected chi connectivity index (χ1v) is 4.61. The molecule has 1 heteroatoms. The van der Waals surface area contributed by atoms with Crippen LogP contribution in [0.3, 0.4) is 0 Å². The molecule has 0 radical (unpaired) electrons. The van der Waals surface area contributed by atoms with Crippen LogP contribution in [-0.2, 0) is 0 Å². The van der Waals surface area contributed by atoms with E-state index in [4.69, 9.17) is 0 Å². The van der Waals surface area contributed by atoms with Crippen LogP contribution >= 0.6 is 0 Å². The zero-order valence-corrected chi connectivity index (χ0v) is 9.17. The fraction of sp³-hybridized carbons (Fsp3) is 0.333. The monoisotopic (exact) mass is 179 g/mol. The third kappa shape index (κ3) is 13.7. The van der Waals surface area contributed by atoms with Gasteiger partial charge in [0, 0.05) is 12.7 Å². The molecule has 0 amide bonds. The molecule has 0 aromatic heterocycles. The van der Waals surface area contributed by atoms with Gasteiger partial charge in [0.1, 0.15) is 0 Å². The quantitative estimate of drug-likeness (QED) is 0.652. The van der Waals surface area contributed by atoms with Gasteiger partial charge in [-0.15, -0.1) is 0 Å². The molecular formula is C12H21N. The lowest BCUT2D eigenvalue weighted by atomic mass is 10.3. The molecule has 74 valence electrons. The van der Waals surface area contributed by atoms with Crippen LogP contribution in [-0.4, -0.2) is 7.05 Å². The molecule has 0 rings (SSSR count). The lowest BCUT2D eigenvalue weighted by Crippen LogP contribution is -2.00. The lowest BCUT2D eigenvalue weighted by molar-refractivity contribution is 0.990. The van der Waals surface area contributed by atoms with Gasteiger partial charge in [0.2, 0.25) is 0 Å². The van der Waals surface area contributed by atoms with E-state index in [0.717, 1.165) is 5.70 Å². The maximum atomic E-state index is 3.56. The van der Waals surface area contributed by atoms with E-state index in [0.29, 0.717) is 0 Å². The summed E-state index contributed by atoms with van der Waals surface area (Å²) in [4.78, 5) is 0. The van der Waals surface area contributed by atoms with Gasteiger partial charge in [-0.3, -0.25) is 0 Å². The normalized spacial score (nSPS) is 11.2. The second kappa shape index (κ2) is 13.4. The van der Waals surface area contributed by atoms with Crippen molar-refractivity contribution < 1.29 is 0 Å². The summed E-state index contributed by atoms with van der Waals surface area (Å²) >= 11 is 0. The topological polar surface area (TPSA) is 12.0 Å². The van der Waals surface area contributed by atoms with Gasteiger partial charge in [-0.1, -0.05) is 50.8 Å². The molecule has 0 aliphatic carbocycles. The average Bonchev–Trinajstić information content (AvgIpc) is 2.20. The third-order valence-corrected chi connectivity index (χ3v) is 1.21. The van der Waals surface area contributed by atoms with E-state index < -0.39 is 0 Å². The van der Waals surface area contributed by atoms with E-state index >= 15 is 0 Å². The highest BCUT2D eigenvalue weighted by Crippen LogP contribution is 1.86. The first-order chi connectivity index (χ1) is 6.31. The standard InChI is InChI=1S/C10H15N.C2H6/c1-4-5-6-7-8-9-10(2)11-3;1-2/h4-9,11H,1H2,2-3H3;1-2H3/b6-5+,8-7-,10-9+;. The number of hydrogen-bond acceptors (Lipinski definition) is 1. The Kier molecular flexibility index (Phi) is 14.7. The molecular weight excluding hydrogens is 158 g/mol. The molecule has 0 unspecified atom stereocenters. The van der Waals surface area contributed by atoms with Crippen molar-refractivity contribution in [3.8, 4) is 0 Å². The van der Waals surface area contributed by atoms with Crippen molar-refractivity contribution in [2.75, 3.05) is 7.05 Å². The highest BCUT2D eigenvalue weighted by molar-refractivity contribution is 5.16. The highest BCUT2D eigenvalue weighted by atomic mass is 14.8. The van der Waals surface area contributed by atoms with Gasteiger partial charge in [0.25, 0.3) is 0 Å². The van der Waals surface area contributed by atoms with Crippen molar-refractivity contribution in [3.63, 3.8) is 0 Å². The van der Waals surface area contributed by atoms with Crippen molar-refractivity contribution in [1.29, 1.82) is 0 Å². The molecule has 0 saturated carbocycles. The fourth-order valence-electron chi connectivity index (χ4n) is 0.490. The van der Waals surface area contributed by atoms with Crippen LogP contribution in [0.2, 0.25) is 0 Å². The van der Waals surface area contributed by atoms with Crippen LogP contribution in [0, 0.1) is 0 Å². The predicted octanol–water partition coefficient (Wildman–Crippen LogP) is 3.43. The summed E-state index contributed by atoms with van der Waals surface area (Å²) < 4.78 is 0. The minimum atomic E-state index is 1.15. The molecule has 0 saturated heterocycles. The first kappa shape index (κ1) is 14.3. The minimum Gasteiger partial charge on any atom is -0.392 e. The minimum absolute atomic E-state index is 1.15. The second-order valence-corrected chi connectivity index (χ2v) is 2.11. The Bertz CT molecular complexity index is 185. The molecule has 0 aromatic carbocycles. The lowest BCUT2D eigenvalue weighted by Gasteiger charge is -1.92. The number of hydrogen-bond donors (Lipinski definition) is 1. The molecule has 0 aromatic rings. The highest BCUT2D eigenvalue weighted by Gasteiger charge is 1.73. The van der Waals surface area contributed by atoms with Crippen molar-refractivity contribution >= 4 is 0 Å². The Labute approximate surface area is 82.6 Å². The van der Waals surface area contributed by atoms with E-state index in [1.165, 1.54) is 0 Å². The van der Waals surface area contributed by atoms with Crippen molar-refractivity contribution in [1.82, 2.24) is 5.32 Å². The summed E-state index contributed by atoms with van der Waals surface area (Å²) in [6.45, 7) is 9.58.